The van der Waals surface area contributed by atoms with Gasteiger partial charge in [-0.2, -0.15) is 27.1 Å². The van der Waals surface area contributed by atoms with Crippen LogP contribution in [0, 0.1) is 11.6 Å². The molecule has 1 unspecified atom stereocenters. The molecule has 0 aromatic heterocycles. The topological polar surface area (TPSA) is 61.8 Å². The SMILES string of the molecule is CNCCCS(=O)(=O)c1ccc(-c2cccc(C3CC(C(F)(F)C(F)(F)F)=NN3c3ccc(F)cc3F)c2)cc1. The predicted octanol–water partition coefficient (Wildman–Crippen LogP) is 6.52. The van der Waals surface area contributed by atoms with E-state index in [4.69, 9.17) is 0 Å². The average molecular weight is 588 g/mol. The van der Waals surface area contributed by atoms with Crippen molar-refractivity contribution < 1.29 is 39.2 Å². The lowest BCUT2D eigenvalue weighted by atomic mass is 9.95. The zero-order chi connectivity index (χ0) is 29.3. The Labute approximate surface area is 226 Å². The van der Waals surface area contributed by atoms with Crippen LogP contribution in [0.1, 0.15) is 24.4 Å². The molecule has 1 N–H and O–H groups in total. The highest BCUT2D eigenvalue weighted by Gasteiger charge is 2.63. The van der Waals surface area contributed by atoms with Gasteiger partial charge in [-0.05, 0) is 67.0 Å². The third-order valence-electron chi connectivity index (χ3n) is 6.44. The van der Waals surface area contributed by atoms with Crippen molar-refractivity contribution in [1.82, 2.24) is 5.32 Å². The number of sulfone groups is 1. The Hall–Kier alpha value is -3.45. The van der Waals surface area contributed by atoms with Crippen LogP contribution in [0.25, 0.3) is 11.1 Å². The average Bonchev–Trinajstić information content (AvgIpc) is 3.34. The van der Waals surface area contributed by atoms with Gasteiger partial charge < -0.3 is 5.32 Å². The number of alkyl halides is 5. The lowest BCUT2D eigenvalue weighted by Crippen LogP contribution is -2.43. The number of nitrogens with zero attached hydrogens (tertiary/aromatic N) is 2. The van der Waals surface area contributed by atoms with E-state index >= 15 is 0 Å². The molecule has 3 aromatic rings. The number of hydrogen-bond acceptors (Lipinski definition) is 5. The van der Waals surface area contributed by atoms with Crippen molar-refractivity contribution in [1.29, 1.82) is 0 Å². The molecular formula is C27H24F7N3O2S. The van der Waals surface area contributed by atoms with Crippen molar-refractivity contribution in [3.8, 4) is 11.1 Å². The third kappa shape index (κ3) is 5.99. The summed E-state index contributed by atoms with van der Waals surface area (Å²) in [6, 6.07) is 13.1. The molecule has 0 spiro atoms. The van der Waals surface area contributed by atoms with Gasteiger partial charge in [0.25, 0.3) is 0 Å². The molecule has 0 saturated carbocycles. The third-order valence-corrected chi connectivity index (χ3v) is 8.26. The Morgan fingerprint density at radius 1 is 0.950 bits per heavy atom. The van der Waals surface area contributed by atoms with Crippen LogP contribution in [-0.4, -0.2) is 45.6 Å². The van der Waals surface area contributed by atoms with Crippen LogP contribution in [0.15, 0.2) is 76.7 Å². The molecule has 0 radical (unpaired) electrons. The predicted molar refractivity (Wildman–Crippen MR) is 137 cm³/mol. The maximum absolute atomic E-state index is 14.6. The number of rotatable bonds is 9. The molecule has 0 saturated heterocycles. The maximum Gasteiger partial charge on any atom is 0.459 e. The Morgan fingerprint density at radius 3 is 2.27 bits per heavy atom. The highest BCUT2D eigenvalue weighted by atomic mass is 32.2. The van der Waals surface area contributed by atoms with Crippen molar-refractivity contribution in [2.75, 3.05) is 24.4 Å². The van der Waals surface area contributed by atoms with Gasteiger partial charge in [0.05, 0.1) is 22.4 Å². The van der Waals surface area contributed by atoms with Crippen molar-refractivity contribution in [3.63, 3.8) is 0 Å². The molecule has 4 rings (SSSR count). The fourth-order valence-electron chi connectivity index (χ4n) is 4.35. The molecule has 1 atom stereocenters. The maximum atomic E-state index is 14.6. The molecule has 0 bridgehead atoms. The molecule has 0 amide bonds. The minimum atomic E-state index is -5.93. The largest absolute Gasteiger partial charge is 0.459 e. The molecule has 1 aliphatic rings. The molecule has 0 fully saturated rings. The van der Waals surface area contributed by atoms with Crippen LogP contribution in [0.3, 0.4) is 0 Å². The van der Waals surface area contributed by atoms with Gasteiger partial charge in [-0.3, -0.25) is 5.01 Å². The Kier molecular flexibility index (Phi) is 8.27. The molecule has 3 aromatic carbocycles. The van der Waals surface area contributed by atoms with Crippen molar-refractivity contribution in [2.24, 2.45) is 5.10 Å². The van der Waals surface area contributed by atoms with Gasteiger partial charge in [0, 0.05) is 12.5 Å². The van der Waals surface area contributed by atoms with Gasteiger partial charge in [0.1, 0.15) is 11.5 Å². The van der Waals surface area contributed by atoms with Crippen molar-refractivity contribution in [2.45, 2.75) is 35.9 Å². The van der Waals surface area contributed by atoms with Gasteiger partial charge >= 0.3 is 12.1 Å². The summed E-state index contributed by atoms with van der Waals surface area (Å²) in [7, 11) is -1.80. The van der Waals surface area contributed by atoms with E-state index in [-0.39, 0.29) is 16.2 Å². The monoisotopic (exact) mass is 587 g/mol. The van der Waals surface area contributed by atoms with E-state index in [1.165, 1.54) is 30.3 Å². The summed E-state index contributed by atoms with van der Waals surface area (Å²) >= 11 is 0. The summed E-state index contributed by atoms with van der Waals surface area (Å²) in [5.74, 6) is -7.47. The van der Waals surface area contributed by atoms with E-state index in [1.807, 2.05) is 0 Å². The zero-order valence-electron chi connectivity index (χ0n) is 21.0. The standard InChI is InChI=1S/C27H24F7N3O2S/c1-35-12-3-13-40(38,39)21-9-6-17(7-10-21)18-4-2-5-19(14-18)24-16-25(26(30,31)27(32,33)34)36-37(24)23-11-8-20(28)15-22(23)29/h2,4-11,14-15,24,35H,3,12-13,16H2,1H3. The first kappa shape index (κ1) is 29.5. The Morgan fingerprint density at radius 2 is 1.65 bits per heavy atom. The first-order chi connectivity index (χ1) is 18.7. The molecule has 1 aliphatic heterocycles. The summed E-state index contributed by atoms with van der Waals surface area (Å²) in [4.78, 5) is 0.115. The van der Waals surface area contributed by atoms with Gasteiger partial charge in [-0.1, -0.05) is 30.3 Å². The Balaban J connectivity index is 1.69. The number of hydrogen-bond donors (Lipinski definition) is 1. The second-order valence-corrected chi connectivity index (χ2v) is 11.3. The summed E-state index contributed by atoms with van der Waals surface area (Å²) in [6.45, 7) is 0.532. The quantitative estimate of drug-likeness (QED) is 0.229. The second kappa shape index (κ2) is 11.2. The van der Waals surface area contributed by atoms with Crippen LogP contribution >= 0.6 is 0 Å². The number of benzene rings is 3. The first-order valence-corrected chi connectivity index (χ1v) is 13.7. The molecule has 0 aliphatic carbocycles. The molecular weight excluding hydrogens is 563 g/mol. The highest BCUT2D eigenvalue weighted by Crippen LogP contribution is 2.45. The summed E-state index contributed by atoms with van der Waals surface area (Å²) in [6.07, 6.45) is -6.38. The number of hydrazone groups is 1. The van der Waals surface area contributed by atoms with Crippen LogP contribution in [0.4, 0.5) is 36.4 Å². The fourth-order valence-corrected chi connectivity index (χ4v) is 5.66. The van der Waals surface area contributed by atoms with E-state index in [0.29, 0.717) is 35.2 Å². The zero-order valence-corrected chi connectivity index (χ0v) is 21.8. The van der Waals surface area contributed by atoms with Gasteiger partial charge in [-0.25, -0.2) is 17.2 Å². The van der Waals surface area contributed by atoms with Crippen LogP contribution < -0.4 is 10.3 Å². The molecule has 214 valence electrons. The highest BCUT2D eigenvalue weighted by molar-refractivity contribution is 7.91. The van der Waals surface area contributed by atoms with E-state index in [9.17, 15) is 39.2 Å². The van der Waals surface area contributed by atoms with Crippen LogP contribution in [-0.2, 0) is 9.84 Å². The summed E-state index contributed by atoms with van der Waals surface area (Å²) < 4.78 is 121. The van der Waals surface area contributed by atoms with E-state index < -0.39 is 57.4 Å². The first-order valence-electron chi connectivity index (χ1n) is 12.1. The van der Waals surface area contributed by atoms with Gasteiger partial charge in [0.2, 0.25) is 0 Å². The van der Waals surface area contributed by atoms with Crippen LogP contribution in [0.5, 0.6) is 0 Å². The smallest absolute Gasteiger partial charge is 0.320 e. The van der Waals surface area contributed by atoms with Crippen molar-refractivity contribution in [3.05, 3.63) is 83.9 Å². The van der Waals surface area contributed by atoms with Gasteiger partial charge in [-0.15, -0.1) is 0 Å². The van der Waals surface area contributed by atoms with Gasteiger partial charge in [0.15, 0.2) is 15.7 Å². The molecule has 13 heteroatoms. The summed E-state index contributed by atoms with van der Waals surface area (Å²) in [5, 5.41) is 7.04. The number of anilines is 1. The van der Waals surface area contributed by atoms with E-state index in [1.54, 1.807) is 25.2 Å². The van der Waals surface area contributed by atoms with Crippen molar-refractivity contribution >= 4 is 21.2 Å². The van der Waals surface area contributed by atoms with Crippen LogP contribution in [0.2, 0.25) is 0 Å². The minimum absolute atomic E-state index is 0.0506. The lowest BCUT2D eigenvalue weighted by Gasteiger charge is -2.25. The Bertz CT molecular complexity index is 1510. The lowest BCUT2D eigenvalue weighted by molar-refractivity contribution is -0.249. The second-order valence-electron chi connectivity index (χ2n) is 9.20. The number of nitrogens with one attached hydrogen (secondary N) is 1. The number of halogens is 7. The summed E-state index contributed by atoms with van der Waals surface area (Å²) in [5.41, 5.74) is -0.686. The normalized spacial score (nSPS) is 16.4. The molecule has 40 heavy (non-hydrogen) atoms. The fraction of sp³-hybridized carbons (Fsp3) is 0.296. The molecule has 5 nitrogen and oxygen atoms in total. The van der Waals surface area contributed by atoms with E-state index in [2.05, 4.69) is 10.4 Å². The molecule has 1 heterocycles. The van der Waals surface area contributed by atoms with E-state index in [0.717, 1.165) is 12.1 Å². The minimum Gasteiger partial charge on any atom is -0.320 e.